The molecule has 2 heterocycles. The first-order valence-corrected chi connectivity index (χ1v) is 10.6. The molecule has 0 aliphatic carbocycles. The van der Waals surface area contributed by atoms with E-state index in [2.05, 4.69) is 16.0 Å². The van der Waals surface area contributed by atoms with Gasteiger partial charge in [-0.05, 0) is 86.8 Å². The lowest BCUT2D eigenvalue weighted by molar-refractivity contribution is 0.0507. The van der Waals surface area contributed by atoms with Crippen molar-refractivity contribution in [2.45, 2.75) is 25.9 Å². The Labute approximate surface area is 176 Å². The summed E-state index contributed by atoms with van der Waals surface area (Å²) in [7, 11) is 0. The van der Waals surface area contributed by atoms with Crippen molar-refractivity contribution < 1.29 is 19.0 Å². The van der Waals surface area contributed by atoms with Crippen molar-refractivity contribution in [2.75, 3.05) is 32.8 Å². The number of halogens is 1. The van der Waals surface area contributed by atoms with Gasteiger partial charge in [-0.1, -0.05) is 0 Å². The van der Waals surface area contributed by atoms with Gasteiger partial charge in [0, 0.05) is 23.6 Å². The smallest absolute Gasteiger partial charge is 0.129 e. The van der Waals surface area contributed by atoms with Gasteiger partial charge in [0.15, 0.2) is 0 Å². The maximum atomic E-state index is 13.0. The Morgan fingerprint density at radius 2 is 1.90 bits per heavy atom. The number of aromatic nitrogens is 1. The lowest BCUT2D eigenvalue weighted by Gasteiger charge is -2.33. The maximum Gasteiger partial charge on any atom is 0.129 e. The van der Waals surface area contributed by atoms with Crippen LogP contribution < -0.4 is 9.47 Å². The van der Waals surface area contributed by atoms with Gasteiger partial charge in [0.1, 0.15) is 30.0 Å². The molecule has 6 heteroatoms. The van der Waals surface area contributed by atoms with E-state index in [1.54, 1.807) is 12.1 Å². The van der Waals surface area contributed by atoms with Crippen LogP contribution in [0.3, 0.4) is 0 Å². The molecule has 1 atom stereocenters. The van der Waals surface area contributed by atoms with Gasteiger partial charge in [0.25, 0.3) is 0 Å². The molecule has 0 bridgehead atoms. The molecule has 2 aromatic carbocycles. The van der Waals surface area contributed by atoms with Gasteiger partial charge in [-0.15, -0.1) is 0 Å². The molecule has 30 heavy (non-hydrogen) atoms. The second-order valence-corrected chi connectivity index (χ2v) is 8.18. The highest BCUT2D eigenvalue weighted by Gasteiger charge is 2.22. The number of piperidine rings is 1. The number of ether oxygens (including phenoxy) is 2. The lowest BCUT2D eigenvalue weighted by atomic mass is 9.97. The molecule has 2 N–H and O–H groups in total. The highest BCUT2D eigenvalue weighted by molar-refractivity contribution is 5.86. The van der Waals surface area contributed by atoms with Crippen LogP contribution in [0.25, 0.3) is 10.9 Å². The first-order valence-electron chi connectivity index (χ1n) is 10.6. The first-order chi connectivity index (χ1) is 14.6. The first kappa shape index (κ1) is 20.7. The number of β-amino-alcohol motifs (C(OH)–C–C–N with tert-alkyl or cyclic N) is 1. The zero-order chi connectivity index (χ0) is 20.9. The Balaban J connectivity index is 1.19. The molecule has 4 rings (SSSR count). The summed E-state index contributed by atoms with van der Waals surface area (Å²) in [5.74, 6) is 1.74. The Morgan fingerprint density at radius 1 is 1.13 bits per heavy atom. The van der Waals surface area contributed by atoms with Crippen molar-refractivity contribution >= 4 is 10.9 Å². The number of rotatable bonds is 8. The van der Waals surface area contributed by atoms with Crippen molar-refractivity contribution in [3.8, 4) is 11.5 Å². The Kier molecular flexibility index (Phi) is 6.55. The quantitative estimate of drug-likeness (QED) is 0.584. The molecule has 5 nitrogen and oxygen atoms in total. The van der Waals surface area contributed by atoms with Crippen LogP contribution in [-0.2, 0) is 0 Å². The molecule has 0 saturated carbocycles. The van der Waals surface area contributed by atoms with Crippen LogP contribution in [-0.4, -0.2) is 53.9 Å². The van der Waals surface area contributed by atoms with E-state index < -0.39 is 6.10 Å². The summed E-state index contributed by atoms with van der Waals surface area (Å²) in [4.78, 5) is 5.49. The molecule has 1 aliphatic heterocycles. The molecule has 1 unspecified atom stereocenters. The molecule has 0 radical (unpaired) electrons. The number of aryl methyl sites for hydroxylation is 1. The van der Waals surface area contributed by atoms with Crippen molar-refractivity contribution in [3.63, 3.8) is 0 Å². The summed E-state index contributed by atoms with van der Waals surface area (Å²) >= 11 is 0. The molecule has 1 saturated heterocycles. The largest absolute Gasteiger partial charge is 0.493 e. The molecule has 1 aliphatic rings. The molecule has 3 aromatic rings. The number of likely N-dealkylation sites (tertiary alicyclic amines) is 1. The number of aliphatic hydroxyl groups is 1. The average Bonchev–Trinajstić information content (AvgIpc) is 3.21. The predicted octanol–water partition coefficient (Wildman–Crippen LogP) is 4.15. The Morgan fingerprint density at radius 3 is 2.67 bits per heavy atom. The van der Waals surface area contributed by atoms with Crippen LogP contribution in [0.5, 0.6) is 11.5 Å². The minimum Gasteiger partial charge on any atom is -0.493 e. The van der Waals surface area contributed by atoms with Crippen LogP contribution in [0.1, 0.15) is 18.4 Å². The third-order valence-electron chi connectivity index (χ3n) is 5.68. The Hall–Kier alpha value is -2.57. The van der Waals surface area contributed by atoms with Crippen molar-refractivity contribution in [1.29, 1.82) is 0 Å². The van der Waals surface area contributed by atoms with Crippen LogP contribution in [0.15, 0.2) is 48.7 Å². The highest BCUT2D eigenvalue weighted by atomic mass is 19.1. The second-order valence-electron chi connectivity index (χ2n) is 8.18. The van der Waals surface area contributed by atoms with Crippen LogP contribution in [0.2, 0.25) is 0 Å². The van der Waals surface area contributed by atoms with Gasteiger partial charge in [0.05, 0.1) is 6.61 Å². The van der Waals surface area contributed by atoms with E-state index >= 15 is 0 Å². The average molecular weight is 413 g/mol. The van der Waals surface area contributed by atoms with E-state index in [4.69, 9.17) is 9.47 Å². The lowest BCUT2D eigenvalue weighted by Crippen LogP contribution is -2.41. The molecular weight excluding hydrogens is 383 g/mol. The summed E-state index contributed by atoms with van der Waals surface area (Å²) in [6, 6.07) is 12.2. The van der Waals surface area contributed by atoms with Gasteiger partial charge in [-0.2, -0.15) is 0 Å². The van der Waals surface area contributed by atoms with Gasteiger partial charge < -0.3 is 24.5 Å². The van der Waals surface area contributed by atoms with E-state index in [9.17, 15) is 9.50 Å². The number of nitrogens with zero attached hydrogens (tertiary/aromatic N) is 1. The number of aliphatic hydroxyl groups excluding tert-OH is 1. The highest BCUT2D eigenvalue weighted by Crippen LogP contribution is 2.27. The van der Waals surface area contributed by atoms with E-state index in [0.717, 1.165) is 48.1 Å². The topological polar surface area (TPSA) is 57.7 Å². The zero-order valence-corrected chi connectivity index (χ0v) is 17.3. The van der Waals surface area contributed by atoms with E-state index in [0.29, 0.717) is 24.8 Å². The van der Waals surface area contributed by atoms with Crippen LogP contribution in [0, 0.1) is 18.7 Å². The predicted molar refractivity (Wildman–Crippen MR) is 116 cm³/mol. The van der Waals surface area contributed by atoms with Crippen molar-refractivity contribution in [3.05, 3.63) is 60.0 Å². The summed E-state index contributed by atoms with van der Waals surface area (Å²) < 4.78 is 24.7. The molecule has 0 spiro atoms. The standard InChI is InChI=1S/C24H29FN2O3/c1-17-12-23-22(6-9-26-23)24(13-17)30-16-20(28)14-27-10-7-18(8-11-27)15-29-21-4-2-19(25)3-5-21/h2-6,9,12-13,18,20,26,28H,7-8,10-11,14-16H2,1H3. The summed E-state index contributed by atoms with van der Waals surface area (Å²) in [6.07, 6.45) is 3.41. The van der Waals surface area contributed by atoms with Crippen LogP contribution >= 0.6 is 0 Å². The number of fused-ring (bicyclic) bond motifs is 1. The summed E-state index contributed by atoms with van der Waals surface area (Å²) in [6.45, 7) is 5.42. The number of nitrogens with one attached hydrogen (secondary N) is 1. The fourth-order valence-corrected chi connectivity index (χ4v) is 4.01. The normalized spacial score (nSPS) is 16.6. The van der Waals surface area contributed by atoms with Crippen molar-refractivity contribution in [1.82, 2.24) is 9.88 Å². The third-order valence-corrected chi connectivity index (χ3v) is 5.68. The summed E-state index contributed by atoms with van der Waals surface area (Å²) in [5, 5.41) is 11.5. The molecule has 1 fully saturated rings. The Bertz CT molecular complexity index is 949. The van der Waals surface area contributed by atoms with Crippen LogP contribution in [0.4, 0.5) is 4.39 Å². The van der Waals surface area contributed by atoms with Gasteiger partial charge in [-0.3, -0.25) is 0 Å². The minimum absolute atomic E-state index is 0.252. The second kappa shape index (κ2) is 9.49. The number of hydrogen-bond acceptors (Lipinski definition) is 4. The van der Waals surface area contributed by atoms with Gasteiger partial charge >= 0.3 is 0 Å². The molecule has 1 aromatic heterocycles. The number of aromatic amines is 1. The fraction of sp³-hybridized carbons (Fsp3) is 0.417. The summed E-state index contributed by atoms with van der Waals surface area (Å²) in [5.41, 5.74) is 2.17. The molecule has 160 valence electrons. The minimum atomic E-state index is -0.536. The van der Waals surface area contributed by atoms with E-state index in [-0.39, 0.29) is 12.4 Å². The van der Waals surface area contributed by atoms with Crippen molar-refractivity contribution in [2.24, 2.45) is 5.92 Å². The third kappa shape index (κ3) is 5.32. The SMILES string of the molecule is Cc1cc(OCC(O)CN2CCC(COc3ccc(F)cc3)CC2)c2cc[nH]c2c1. The zero-order valence-electron chi connectivity index (χ0n) is 17.3. The van der Waals surface area contributed by atoms with E-state index in [1.165, 1.54) is 12.1 Å². The van der Waals surface area contributed by atoms with E-state index in [1.807, 2.05) is 25.3 Å². The molecule has 0 amide bonds. The maximum absolute atomic E-state index is 13.0. The number of benzene rings is 2. The number of H-pyrrole nitrogens is 1. The van der Waals surface area contributed by atoms with Gasteiger partial charge in [-0.25, -0.2) is 4.39 Å². The number of hydrogen-bond donors (Lipinski definition) is 2. The monoisotopic (exact) mass is 412 g/mol. The van der Waals surface area contributed by atoms with Gasteiger partial charge in [0.2, 0.25) is 0 Å². The fourth-order valence-electron chi connectivity index (χ4n) is 4.01. The molecular formula is C24H29FN2O3.